The van der Waals surface area contributed by atoms with Crippen molar-refractivity contribution in [3.05, 3.63) is 54.8 Å². The van der Waals surface area contributed by atoms with Crippen LogP contribution in [0.25, 0.3) is 10.8 Å². The summed E-state index contributed by atoms with van der Waals surface area (Å²) in [4.78, 5) is 11.4. The number of benzene rings is 2. The van der Waals surface area contributed by atoms with Gasteiger partial charge in [0.1, 0.15) is 5.75 Å². The lowest BCUT2D eigenvalue weighted by atomic mass is 10.1. The maximum atomic E-state index is 11.4. The minimum atomic E-state index is -0.446. The Morgan fingerprint density at radius 3 is 2.72 bits per heavy atom. The Labute approximate surface area is 106 Å². The van der Waals surface area contributed by atoms with Crippen LogP contribution in [0.3, 0.4) is 0 Å². The molecule has 18 heavy (non-hydrogen) atoms. The van der Waals surface area contributed by atoms with Crippen LogP contribution in [-0.4, -0.2) is 12.6 Å². The third kappa shape index (κ3) is 3.10. The topological polar surface area (TPSA) is 35.5 Å². The van der Waals surface area contributed by atoms with E-state index in [-0.39, 0.29) is 0 Å². The van der Waals surface area contributed by atoms with Gasteiger partial charge in [-0.05, 0) is 29.8 Å². The predicted molar refractivity (Wildman–Crippen MR) is 70.3 cm³/mol. The standard InChI is InChI=1S/C15H14O3/c1-2-17-10-9-15(16)18-14-8-7-12-5-3-4-6-13(12)11-14/h3-11H,2H2,1H3/b10-9+. The highest BCUT2D eigenvalue weighted by Crippen LogP contribution is 2.20. The van der Waals surface area contributed by atoms with E-state index in [2.05, 4.69) is 0 Å². The molecule has 0 aromatic heterocycles. The highest BCUT2D eigenvalue weighted by Gasteiger charge is 2.01. The second-order valence-corrected chi connectivity index (χ2v) is 3.69. The van der Waals surface area contributed by atoms with E-state index >= 15 is 0 Å². The first-order chi connectivity index (χ1) is 8.79. The van der Waals surface area contributed by atoms with Crippen molar-refractivity contribution in [1.82, 2.24) is 0 Å². The number of hydrogen-bond acceptors (Lipinski definition) is 3. The van der Waals surface area contributed by atoms with Crippen molar-refractivity contribution in [3.8, 4) is 5.75 Å². The highest BCUT2D eigenvalue weighted by atomic mass is 16.5. The first-order valence-corrected chi connectivity index (χ1v) is 5.78. The molecule has 0 bridgehead atoms. The Morgan fingerprint density at radius 2 is 1.94 bits per heavy atom. The summed E-state index contributed by atoms with van der Waals surface area (Å²) < 4.78 is 10.1. The Hall–Kier alpha value is -2.29. The highest BCUT2D eigenvalue weighted by molar-refractivity contribution is 5.87. The predicted octanol–water partition coefficient (Wildman–Crippen LogP) is 3.30. The third-order valence-electron chi connectivity index (χ3n) is 2.41. The molecular weight excluding hydrogens is 228 g/mol. The summed E-state index contributed by atoms with van der Waals surface area (Å²) in [6.07, 6.45) is 2.60. The fourth-order valence-electron chi connectivity index (χ4n) is 1.58. The largest absolute Gasteiger partial charge is 0.501 e. The van der Waals surface area contributed by atoms with Crippen LogP contribution in [0.2, 0.25) is 0 Å². The number of fused-ring (bicyclic) bond motifs is 1. The lowest BCUT2D eigenvalue weighted by Gasteiger charge is -2.03. The van der Waals surface area contributed by atoms with Crippen molar-refractivity contribution >= 4 is 16.7 Å². The van der Waals surface area contributed by atoms with Crippen LogP contribution in [0.15, 0.2) is 54.8 Å². The fourth-order valence-corrected chi connectivity index (χ4v) is 1.58. The maximum Gasteiger partial charge on any atom is 0.339 e. The van der Waals surface area contributed by atoms with E-state index in [0.29, 0.717) is 12.4 Å². The van der Waals surface area contributed by atoms with Gasteiger partial charge in [0.15, 0.2) is 0 Å². The molecule has 3 heteroatoms. The van der Waals surface area contributed by atoms with Crippen molar-refractivity contribution in [2.45, 2.75) is 6.92 Å². The zero-order valence-corrected chi connectivity index (χ0v) is 10.1. The van der Waals surface area contributed by atoms with E-state index in [0.717, 1.165) is 10.8 Å². The zero-order valence-electron chi connectivity index (χ0n) is 10.1. The van der Waals surface area contributed by atoms with E-state index < -0.39 is 5.97 Å². The fraction of sp³-hybridized carbons (Fsp3) is 0.133. The van der Waals surface area contributed by atoms with Gasteiger partial charge in [-0.1, -0.05) is 30.3 Å². The summed E-state index contributed by atoms with van der Waals surface area (Å²) in [5, 5.41) is 2.15. The third-order valence-corrected chi connectivity index (χ3v) is 2.41. The summed E-state index contributed by atoms with van der Waals surface area (Å²) in [6.45, 7) is 2.37. The summed E-state index contributed by atoms with van der Waals surface area (Å²) in [5.41, 5.74) is 0. The molecule has 2 rings (SSSR count). The van der Waals surface area contributed by atoms with Gasteiger partial charge < -0.3 is 9.47 Å². The molecule has 0 spiro atoms. The SMILES string of the molecule is CCO/C=C/C(=O)Oc1ccc2ccccc2c1. The monoisotopic (exact) mass is 242 g/mol. The molecule has 0 unspecified atom stereocenters. The minimum absolute atomic E-state index is 0.446. The molecule has 92 valence electrons. The number of esters is 1. The van der Waals surface area contributed by atoms with E-state index in [1.54, 1.807) is 6.07 Å². The molecule has 0 radical (unpaired) electrons. The van der Waals surface area contributed by atoms with Crippen LogP contribution in [0.5, 0.6) is 5.75 Å². The molecule has 0 saturated carbocycles. The molecule has 2 aromatic rings. The van der Waals surface area contributed by atoms with Gasteiger partial charge in [0.05, 0.1) is 18.9 Å². The molecule has 0 N–H and O–H groups in total. The second kappa shape index (κ2) is 5.87. The lowest BCUT2D eigenvalue weighted by Crippen LogP contribution is -2.03. The van der Waals surface area contributed by atoms with Crippen molar-refractivity contribution in [2.75, 3.05) is 6.61 Å². The van der Waals surface area contributed by atoms with Crippen LogP contribution in [0, 0.1) is 0 Å². The number of rotatable bonds is 4. The summed E-state index contributed by atoms with van der Waals surface area (Å²) in [6, 6.07) is 13.4. The van der Waals surface area contributed by atoms with Gasteiger partial charge in [-0.25, -0.2) is 4.79 Å². The summed E-state index contributed by atoms with van der Waals surface area (Å²) in [5.74, 6) is 0.0820. The van der Waals surface area contributed by atoms with E-state index in [4.69, 9.17) is 9.47 Å². The number of hydrogen-bond donors (Lipinski definition) is 0. The van der Waals surface area contributed by atoms with E-state index in [9.17, 15) is 4.79 Å². The molecule has 0 aliphatic rings. The average Bonchev–Trinajstić information content (AvgIpc) is 2.39. The van der Waals surface area contributed by atoms with Crippen LogP contribution >= 0.6 is 0 Å². The van der Waals surface area contributed by atoms with Crippen LogP contribution in [-0.2, 0) is 9.53 Å². The van der Waals surface area contributed by atoms with E-state index in [1.165, 1.54) is 12.3 Å². The minimum Gasteiger partial charge on any atom is -0.501 e. The zero-order chi connectivity index (χ0) is 12.8. The maximum absolute atomic E-state index is 11.4. The first-order valence-electron chi connectivity index (χ1n) is 5.78. The molecular formula is C15H14O3. The molecule has 0 aliphatic heterocycles. The molecule has 0 heterocycles. The smallest absolute Gasteiger partial charge is 0.339 e. The number of carbonyl (C=O) groups excluding carboxylic acids is 1. The number of ether oxygens (including phenoxy) is 2. The van der Waals surface area contributed by atoms with Crippen LogP contribution in [0.4, 0.5) is 0 Å². The van der Waals surface area contributed by atoms with Crippen molar-refractivity contribution in [3.63, 3.8) is 0 Å². The average molecular weight is 242 g/mol. The van der Waals surface area contributed by atoms with Gasteiger partial charge in [-0.3, -0.25) is 0 Å². The van der Waals surface area contributed by atoms with Crippen molar-refractivity contribution in [1.29, 1.82) is 0 Å². The van der Waals surface area contributed by atoms with Gasteiger partial charge in [-0.2, -0.15) is 0 Å². The van der Waals surface area contributed by atoms with Gasteiger partial charge in [0, 0.05) is 0 Å². The summed E-state index contributed by atoms with van der Waals surface area (Å²) in [7, 11) is 0. The Balaban J connectivity index is 2.10. The van der Waals surface area contributed by atoms with Gasteiger partial charge in [-0.15, -0.1) is 0 Å². The molecule has 3 nitrogen and oxygen atoms in total. The molecule has 0 atom stereocenters. The van der Waals surface area contributed by atoms with E-state index in [1.807, 2.05) is 43.3 Å². The second-order valence-electron chi connectivity index (χ2n) is 3.69. The first kappa shape index (κ1) is 12.2. The van der Waals surface area contributed by atoms with Gasteiger partial charge in [0.25, 0.3) is 0 Å². The Morgan fingerprint density at radius 1 is 1.17 bits per heavy atom. The van der Waals surface area contributed by atoms with Crippen molar-refractivity contribution < 1.29 is 14.3 Å². The molecule has 0 aliphatic carbocycles. The molecule has 2 aromatic carbocycles. The molecule has 0 fully saturated rings. The lowest BCUT2D eigenvalue weighted by molar-refractivity contribution is -0.129. The van der Waals surface area contributed by atoms with Crippen molar-refractivity contribution in [2.24, 2.45) is 0 Å². The Kier molecular flexibility index (Phi) is 3.97. The van der Waals surface area contributed by atoms with Gasteiger partial charge >= 0.3 is 5.97 Å². The van der Waals surface area contributed by atoms with Gasteiger partial charge in [0.2, 0.25) is 0 Å². The normalized spacial score (nSPS) is 10.7. The quantitative estimate of drug-likeness (QED) is 0.357. The Bertz CT molecular complexity index is 573. The summed E-state index contributed by atoms with van der Waals surface area (Å²) >= 11 is 0. The molecule has 0 amide bonds. The van der Waals surface area contributed by atoms with Crippen LogP contribution < -0.4 is 4.74 Å². The molecule has 0 saturated heterocycles. The number of carbonyl (C=O) groups is 1. The van der Waals surface area contributed by atoms with Crippen LogP contribution in [0.1, 0.15) is 6.92 Å².